The van der Waals surface area contributed by atoms with E-state index in [9.17, 15) is 14.4 Å². The molecule has 0 aliphatic carbocycles. The Morgan fingerprint density at radius 3 is 2.66 bits per heavy atom. The molecule has 0 bridgehead atoms. The summed E-state index contributed by atoms with van der Waals surface area (Å²) in [6, 6.07) is 18.4. The van der Waals surface area contributed by atoms with E-state index in [4.69, 9.17) is 0 Å². The fourth-order valence-corrected chi connectivity index (χ4v) is 5.03. The van der Waals surface area contributed by atoms with Crippen LogP contribution in [0.5, 0.6) is 0 Å². The van der Waals surface area contributed by atoms with Crippen LogP contribution in [-0.2, 0) is 20.8 Å². The van der Waals surface area contributed by atoms with E-state index in [0.29, 0.717) is 29.1 Å². The maximum Gasteiger partial charge on any atom is 0.259 e. The van der Waals surface area contributed by atoms with Gasteiger partial charge >= 0.3 is 0 Å². The zero-order valence-electron chi connectivity index (χ0n) is 20.8. The molecule has 0 unspecified atom stereocenters. The minimum absolute atomic E-state index is 0.0401. The third-order valence-corrected chi connectivity index (χ3v) is 7.02. The summed E-state index contributed by atoms with van der Waals surface area (Å²) in [6.45, 7) is 2.37. The van der Waals surface area contributed by atoms with E-state index in [1.165, 1.54) is 4.90 Å². The van der Waals surface area contributed by atoms with Crippen LogP contribution in [0.4, 0.5) is 11.5 Å². The molecule has 2 aliphatic heterocycles. The van der Waals surface area contributed by atoms with Gasteiger partial charge in [0.05, 0.1) is 11.4 Å². The molecule has 11 heteroatoms. The summed E-state index contributed by atoms with van der Waals surface area (Å²) in [4.78, 5) is 49.1. The number of carbonyl (C=O) groups excluding carboxylic acids is 3. The average molecular weight is 530 g/mol. The van der Waals surface area contributed by atoms with Crippen molar-refractivity contribution in [2.75, 3.05) is 17.6 Å². The van der Waals surface area contributed by atoms with E-state index in [2.05, 4.69) is 30.8 Å². The molecule has 3 amide bonds. The topological polar surface area (TPSA) is 132 Å². The molecule has 0 spiro atoms. The highest BCUT2D eigenvalue weighted by atomic mass is 32.2. The lowest BCUT2D eigenvalue weighted by molar-refractivity contribution is -0.125. The number of nitrogens with zero attached hydrogens (tertiary/aromatic N) is 4. The number of aromatic amines is 1. The zero-order chi connectivity index (χ0) is 26.5. The summed E-state index contributed by atoms with van der Waals surface area (Å²) in [5.74, 6) is 0.343. The Morgan fingerprint density at radius 1 is 1.08 bits per heavy atom. The van der Waals surface area contributed by atoms with Crippen molar-refractivity contribution in [1.82, 2.24) is 20.4 Å². The van der Waals surface area contributed by atoms with Crippen LogP contribution >= 0.6 is 11.8 Å². The zero-order valence-corrected chi connectivity index (χ0v) is 21.6. The van der Waals surface area contributed by atoms with Gasteiger partial charge in [0.2, 0.25) is 11.8 Å². The second kappa shape index (κ2) is 11.4. The molecule has 0 radical (unpaired) electrons. The standard InChI is InChI=1S/C27H27N7O3S/c1-17-15-22(33-32-17)31-24(36)16-38-27-30-20-10-6-5-9-19(20)25-29-21(26(37)34(25)27)11-12-23(35)28-14-13-18-7-3-2-4-8-18/h2-10,15,21H,11-14,16H2,1H3,(H,28,35)(H2,31,32,33,36)/t21-/m0/s1. The molecule has 10 nitrogen and oxygen atoms in total. The fraction of sp³-hybridized carbons (Fsp3) is 0.259. The summed E-state index contributed by atoms with van der Waals surface area (Å²) < 4.78 is 0. The predicted octanol–water partition coefficient (Wildman–Crippen LogP) is 3.19. The Balaban J connectivity index is 1.21. The molecule has 0 saturated carbocycles. The number of fused-ring (bicyclic) bond motifs is 3. The van der Waals surface area contributed by atoms with Crippen molar-refractivity contribution in [3.63, 3.8) is 0 Å². The highest BCUT2D eigenvalue weighted by molar-refractivity contribution is 8.14. The maximum atomic E-state index is 13.4. The Bertz CT molecular complexity index is 1420. The molecule has 3 aromatic rings. The molecule has 194 valence electrons. The van der Waals surface area contributed by atoms with Crippen LogP contribution in [0.25, 0.3) is 0 Å². The van der Waals surface area contributed by atoms with Crippen molar-refractivity contribution in [1.29, 1.82) is 0 Å². The molecule has 38 heavy (non-hydrogen) atoms. The number of amides is 3. The normalized spacial score (nSPS) is 15.9. The average Bonchev–Trinajstić information content (AvgIpc) is 3.49. The lowest BCUT2D eigenvalue weighted by Crippen LogP contribution is -2.41. The molecule has 2 aromatic carbocycles. The van der Waals surface area contributed by atoms with Gasteiger partial charge in [0.1, 0.15) is 11.9 Å². The van der Waals surface area contributed by atoms with E-state index in [1.54, 1.807) is 6.07 Å². The van der Waals surface area contributed by atoms with Gasteiger partial charge in [-0.05, 0) is 37.5 Å². The highest BCUT2D eigenvalue weighted by Gasteiger charge is 2.41. The lowest BCUT2D eigenvalue weighted by Gasteiger charge is -2.25. The SMILES string of the molecule is Cc1cc(NC(=O)CSC2=Nc3ccccc3C3=N[C@@H](CCC(=O)NCCc4ccccc4)C(=O)N23)n[nH]1. The summed E-state index contributed by atoms with van der Waals surface area (Å²) in [7, 11) is 0. The van der Waals surface area contributed by atoms with Crippen LogP contribution in [0.3, 0.4) is 0 Å². The third kappa shape index (κ3) is 5.83. The van der Waals surface area contributed by atoms with Gasteiger partial charge in [-0.2, -0.15) is 5.10 Å². The monoisotopic (exact) mass is 529 g/mol. The van der Waals surface area contributed by atoms with Gasteiger partial charge in [0.15, 0.2) is 11.0 Å². The summed E-state index contributed by atoms with van der Waals surface area (Å²) in [6.07, 6.45) is 1.21. The number of H-pyrrole nitrogens is 1. The highest BCUT2D eigenvalue weighted by Crippen LogP contribution is 2.34. The van der Waals surface area contributed by atoms with Crippen LogP contribution in [0.15, 0.2) is 70.6 Å². The fourth-order valence-electron chi connectivity index (χ4n) is 4.23. The first-order valence-corrected chi connectivity index (χ1v) is 13.3. The summed E-state index contributed by atoms with van der Waals surface area (Å²) in [5, 5.41) is 12.8. The van der Waals surface area contributed by atoms with Crippen molar-refractivity contribution in [2.24, 2.45) is 9.98 Å². The lowest BCUT2D eigenvalue weighted by atomic mass is 10.1. The number of rotatable bonds is 9. The van der Waals surface area contributed by atoms with Crippen LogP contribution in [0, 0.1) is 6.92 Å². The van der Waals surface area contributed by atoms with E-state index >= 15 is 0 Å². The number of hydrogen-bond donors (Lipinski definition) is 3. The summed E-state index contributed by atoms with van der Waals surface area (Å²) >= 11 is 1.16. The number of para-hydroxylation sites is 1. The number of aromatic nitrogens is 2. The number of hydrogen-bond acceptors (Lipinski definition) is 7. The molecule has 3 heterocycles. The Hall–Kier alpha value is -4.25. The minimum Gasteiger partial charge on any atom is -0.356 e. The number of nitrogens with one attached hydrogen (secondary N) is 3. The molecular formula is C27H27N7O3S. The number of anilines is 1. The number of carbonyl (C=O) groups is 3. The van der Waals surface area contributed by atoms with Gasteiger partial charge in [-0.3, -0.25) is 24.5 Å². The first-order valence-electron chi connectivity index (χ1n) is 12.3. The molecule has 2 aliphatic rings. The third-order valence-electron chi connectivity index (χ3n) is 6.08. The molecule has 0 saturated heterocycles. The largest absolute Gasteiger partial charge is 0.356 e. The number of benzene rings is 2. The Morgan fingerprint density at radius 2 is 1.87 bits per heavy atom. The Kier molecular flexibility index (Phi) is 7.64. The van der Waals surface area contributed by atoms with Crippen molar-refractivity contribution in [3.8, 4) is 0 Å². The van der Waals surface area contributed by atoms with Gasteiger partial charge in [-0.25, -0.2) is 9.89 Å². The quantitative estimate of drug-likeness (QED) is 0.392. The molecular weight excluding hydrogens is 502 g/mol. The molecule has 1 aromatic heterocycles. The second-order valence-electron chi connectivity index (χ2n) is 8.95. The van der Waals surface area contributed by atoms with Gasteiger partial charge in [0.25, 0.3) is 5.91 Å². The van der Waals surface area contributed by atoms with E-state index in [0.717, 1.165) is 35.0 Å². The second-order valence-corrected chi connectivity index (χ2v) is 9.89. The first-order chi connectivity index (χ1) is 18.5. The number of aryl methyl sites for hydroxylation is 1. The minimum atomic E-state index is -0.692. The van der Waals surface area contributed by atoms with Crippen molar-refractivity contribution in [2.45, 2.75) is 32.2 Å². The molecule has 5 rings (SSSR count). The van der Waals surface area contributed by atoms with Crippen LogP contribution < -0.4 is 10.6 Å². The van der Waals surface area contributed by atoms with E-state index < -0.39 is 6.04 Å². The predicted molar refractivity (Wildman–Crippen MR) is 148 cm³/mol. The summed E-state index contributed by atoms with van der Waals surface area (Å²) in [5.41, 5.74) is 3.41. The van der Waals surface area contributed by atoms with Crippen molar-refractivity contribution in [3.05, 3.63) is 77.5 Å². The van der Waals surface area contributed by atoms with Gasteiger partial charge in [-0.1, -0.05) is 54.2 Å². The van der Waals surface area contributed by atoms with Gasteiger partial charge < -0.3 is 10.6 Å². The molecule has 0 fully saturated rings. The number of thioether (sulfide) groups is 1. The van der Waals surface area contributed by atoms with Crippen molar-refractivity contribution < 1.29 is 14.4 Å². The Labute approximate surface area is 224 Å². The van der Waals surface area contributed by atoms with E-state index in [-0.39, 0.29) is 36.3 Å². The van der Waals surface area contributed by atoms with Crippen molar-refractivity contribution >= 4 is 52.0 Å². The van der Waals surface area contributed by atoms with Gasteiger partial charge in [0, 0.05) is 30.3 Å². The molecule has 1 atom stereocenters. The number of amidine groups is 2. The number of aliphatic imine (C=N–C) groups is 2. The maximum absolute atomic E-state index is 13.4. The van der Waals surface area contributed by atoms with Crippen LogP contribution in [0.2, 0.25) is 0 Å². The molecule has 3 N–H and O–H groups in total. The smallest absolute Gasteiger partial charge is 0.259 e. The first kappa shape index (κ1) is 25.4. The van der Waals surface area contributed by atoms with Gasteiger partial charge in [-0.15, -0.1) is 0 Å². The van der Waals surface area contributed by atoms with E-state index in [1.807, 2.05) is 61.5 Å². The van der Waals surface area contributed by atoms with Crippen LogP contribution in [-0.4, -0.2) is 62.2 Å². The van der Waals surface area contributed by atoms with Crippen LogP contribution in [0.1, 0.15) is 29.7 Å².